The van der Waals surface area contributed by atoms with E-state index in [1.54, 1.807) is 10.8 Å². The van der Waals surface area contributed by atoms with Crippen LogP contribution in [-0.2, 0) is 21.7 Å². The standard InChI is InChI=1S/C22H33Si.3ClH.Ti/c1-8-9-10-11-20-19(6)18(5)14-22(20,7)23-21-16(3)12-15(2)13-17(21)4;;;;/h12-13H,8-11,23H2,1-7H3;3*1H;/q-1;;;;+4/p-3. The Balaban J connectivity index is -0.00000144. The molecule has 0 aliphatic heterocycles. The van der Waals surface area contributed by atoms with Gasteiger partial charge in [0, 0.05) is 0 Å². The van der Waals surface area contributed by atoms with Gasteiger partial charge in [-0.05, 0) is 27.2 Å². The van der Waals surface area contributed by atoms with Crippen LogP contribution >= 0.6 is 0 Å². The molecule has 0 saturated heterocycles. The second-order valence-electron chi connectivity index (χ2n) is 7.70. The summed E-state index contributed by atoms with van der Waals surface area (Å²) in [7, 11) is -0.440. The van der Waals surface area contributed by atoms with E-state index in [9.17, 15) is 0 Å². The summed E-state index contributed by atoms with van der Waals surface area (Å²) < 4.78 is 0. The minimum absolute atomic E-state index is 0. The first-order valence-electron chi connectivity index (χ1n) is 9.17. The number of hydrogen-bond acceptors (Lipinski definition) is 0. The molecule has 0 N–H and O–H groups in total. The van der Waals surface area contributed by atoms with Gasteiger partial charge < -0.3 is 37.2 Å². The Hall–Kier alpha value is 0.501. The topological polar surface area (TPSA) is 0 Å². The Bertz CT molecular complexity index is 645. The monoisotopic (exact) mass is 478 g/mol. The van der Waals surface area contributed by atoms with E-state index in [0.29, 0.717) is 0 Å². The van der Waals surface area contributed by atoms with E-state index in [1.165, 1.54) is 53.5 Å². The average molecular weight is 480 g/mol. The van der Waals surface area contributed by atoms with E-state index >= 15 is 0 Å². The number of aryl methyl sites for hydroxylation is 3. The van der Waals surface area contributed by atoms with Crippen molar-refractivity contribution in [2.45, 2.75) is 79.2 Å². The van der Waals surface area contributed by atoms with Crippen molar-refractivity contribution in [3.63, 3.8) is 0 Å². The summed E-state index contributed by atoms with van der Waals surface area (Å²) in [5, 5.41) is 1.87. The van der Waals surface area contributed by atoms with Crippen LogP contribution in [0.5, 0.6) is 0 Å². The van der Waals surface area contributed by atoms with Crippen molar-refractivity contribution in [2.75, 3.05) is 0 Å². The number of rotatable bonds is 6. The Morgan fingerprint density at radius 3 is 1.93 bits per heavy atom. The fraction of sp³-hybridized carbons (Fsp3) is 0.545. The minimum Gasteiger partial charge on any atom is -1.00 e. The Morgan fingerprint density at radius 1 is 0.926 bits per heavy atom. The van der Waals surface area contributed by atoms with Crippen LogP contribution in [0.1, 0.15) is 70.1 Å². The van der Waals surface area contributed by atoms with Gasteiger partial charge in [-0.3, -0.25) is 6.08 Å². The van der Waals surface area contributed by atoms with Gasteiger partial charge in [0.1, 0.15) is 0 Å². The molecule has 1 unspecified atom stereocenters. The molecular weight excluding hydrogens is 447 g/mol. The van der Waals surface area contributed by atoms with Gasteiger partial charge >= 0.3 is 21.7 Å². The molecule has 150 valence electrons. The van der Waals surface area contributed by atoms with Gasteiger partial charge in [0.05, 0.1) is 9.52 Å². The molecule has 0 fully saturated rings. The molecule has 1 aliphatic rings. The van der Waals surface area contributed by atoms with Crippen LogP contribution in [0.3, 0.4) is 0 Å². The second-order valence-corrected chi connectivity index (χ2v) is 10.2. The fourth-order valence-electron chi connectivity index (χ4n) is 4.23. The molecule has 27 heavy (non-hydrogen) atoms. The number of allylic oxidation sites excluding steroid dienone is 4. The van der Waals surface area contributed by atoms with Crippen LogP contribution < -0.4 is 42.4 Å². The van der Waals surface area contributed by atoms with Crippen molar-refractivity contribution in [2.24, 2.45) is 0 Å². The van der Waals surface area contributed by atoms with E-state index in [4.69, 9.17) is 0 Å². The normalized spacial score (nSPS) is 18.4. The molecule has 1 aromatic carbocycles. The van der Waals surface area contributed by atoms with Gasteiger partial charge in [-0.15, -0.1) is 6.92 Å². The average Bonchev–Trinajstić information content (AvgIpc) is 2.66. The molecule has 0 spiro atoms. The SMILES string of the molecule is CCCCCC1=C(C)C(C)=[C-]C1(C)[SiH2]c1c(C)cc(C)cc1C.[Cl-].[Cl-].[Cl-].[Ti+4]. The van der Waals surface area contributed by atoms with Crippen LogP contribution in [0.25, 0.3) is 0 Å². The Kier molecular flexibility index (Phi) is 16.3. The number of hydrogen-bond donors (Lipinski definition) is 0. The maximum atomic E-state index is 3.88. The molecule has 0 saturated carbocycles. The van der Waals surface area contributed by atoms with Gasteiger partial charge in [0.2, 0.25) is 0 Å². The zero-order valence-corrected chi connectivity index (χ0v) is 23.1. The third kappa shape index (κ3) is 7.68. The van der Waals surface area contributed by atoms with E-state index in [2.05, 4.69) is 66.7 Å². The molecular formula is C22H33Cl3SiTi. The van der Waals surface area contributed by atoms with E-state index in [0.717, 1.165) is 0 Å². The van der Waals surface area contributed by atoms with E-state index in [-0.39, 0.29) is 64.0 Å². The zero-order valence-electron chi connectivity index (χ0n) is 17.8. The van der Waals surface area contributed by atoms with E-state index in [1.807, 2.05) is 0 Å². The van der Waals surface area contributed by atoms with Crippen LogP contribution in [0.15, 0.2) is 28.9 Å². The Morgan fingerprint density at radius 2 is 1.44 bits per heavy atom. The molecule has 0 amide bonds. The summed E-state index contributed by atoms with van der Waals surface area (Å²) in [6.07, 6.45) is 9.11. The summed E-state index contributed by atoms with van der Waals surface area (Å²) in [6.45, 7) is 16.1. The van der Waals surface area contributed by atoms with Crippen molar-refractivity contribution in [1.29, 1.82) is 0 Å². The largest absolute Gasteiger partial charge is 4.00 e. The quantitative estimate of drug-likeness (QED) is 0.224. The van der Waals surface area contributed by atoms with Crippen molar-refractivity contribution in [3.8, 4) is 0 Å². The van der Waals surface area contributed by atoms with Crippen LogP contribution in [-0.4, -0.2) is 9.52 Å². The first kappa shape index (κ1) is 32.2. The van der Waals surface area contributed by atoms with Gasteiger partial charge in [-0.2, -0.15) is 11.1 Å². The second kappa shape index (κ2) is 13.7. The molecule has 0 heterocycles. The summed E-state index contributed by atoms with van der Waals surface area (Å²) in [6, 6.07) is 4.72. The van der Waals surface area contributed by atoms with Crippen LogP contribution in [0, 0.1) is 26.8 Å². The number of halogens is 3. The Labute approximate surface area is 203 Å². The predicted octanol–water partition coefficient (Wildman–Crippen LogP) is -3.75. The zero-order chi connectivity index (χ0) is 17.2. The molecule has 1 atom stereocenters. The van der Waals surface area contributed by atoms with Crippen molar-refractivity contribution >= 4 is 14.7 Å². The maximum absolute atomic E-state index is 3.88. The van der Waals surface area contributed by atoms with Gasteiger partial charge in [0.25, 0.3) is 0 Å². The molecule has 0 nitrogen and oxygen atoms in total. The van der Waals surface area contributed by atoms with Crippen LogP contribution in [0.4, 0.5) is 0 Å². The predicted molar refractivity (Wildman–Crippen MR) is 106 cm³/mol. The summed E-state index contributed by atoms with van der Waals surface area (Å²) in [4.78, 5) is 0. The van der Waals surface area contributed by atoms with Crippen molar-refractivity contribution in [1.82, 2.24) is 0 Å². The van der Waals surface area contributed by atoms with Gasteiger partial charge in [-0.25, -0.2) is 5.57 Å². The molecule has 2 rings (SSSR count). The number of unbranched alkanes of at least 4 members (excludes halogenated alkanes) is 2. The summed E-state index contributed by atoms with van der Waals surface area (Å²) in [5.41, 5.74) is 8.99. The van der Waals surface area contributed by atoms with Crippen molar-refractivity contribution in [3.05, 3.63) is 51.6 Å². The molecule has 0 aromatic heterocycles. The van der Waals surface area contributed by atoms with Crippen molar-refractivity contribution < 1.29 is 58.9 Å². The first-order valence-corrected chi connectivity index (χ1v) is 10.6. The number of benzene rings is 1. The van der Waals surface area contributed by atoms with Gasteiger partial charge in [-0.1, -0.05) is 79.1 Å². The summed E-state index contributed by atoms with van der Waals surface area (Å²) >= 11 is 0. The first-order chi connectivity index (χ1) is 10.8. The molecule has 0 radical (unpaired) electrons. The fourth-order valence-corrected chi connectivity index (χ4v) is 6.71. The van der Waals surface area contributed by atoms with E-state index < -0.39 is 9.52 Å². The minimum atomic E-state index is -0.440. The van der Waals surface area contributed by atoms with Gasteiger partial charge in [0.15, 0.2) is 0 Å². The third-order valence-corrected chi connectivity index (χ3v) is 8.33. The molecule has 1 aromatic rings. The van der Waals surface area contributed by atoms with Crippen LogP contribution in [0.2, 0.25) is 5.04 Å². The molecule has 1 aliphatic carbocycles. The summed E-state index contributed by atoms with van der Waals surface area (Å²) in [5.74, 6) is 0. The smallest absolute Gasteiger partial charge is 1.00 e. The maximum Gasteiger partial charge on any atom is 4.00 e. The third-order valence-electron chi connectivity index (χ3n) is 5.55. The molecule has 0 bridgehead atoms. The molecule has 5 heteroatoms.